The van der Waals surface area contributed by atoms with Crippen molar-refractivity contribution < 1.29 is 9.90 Å². The second kappa shape index (κ2) is 13.5. The molecule has 2 rings (SSSR count). The van der Waals surface area contributed by atoms with E-state index in [9.17, 15) is 15.2 Å². The second-order valence-corrected chi connectivity index (χ2v) is 12.1. The van der Waals surface area contributed by atoms with Crippen LogP contribution in [0.5, 0.6) is 0 Å². The molecule has 9 heteroatoms. The molecule has 2 aliphatic rings. The van der Waals surface area contributed by atoms with Crippen LogP contribution in [0.3, 0.4) is 0 Å². The van der Waals surface area contributed by atoms with Gasteiger partial charge in [-0.05, 0) is 70.6 Å². The van der Waals surface area contributed by atoms with Crippen LogP contribution in [0.4, 0.5) is 0 Å². The molecule has 2 fully saturated rings. The van der Waals surface area contributed by atoms with E-state index in [1.165, 1.54) is 11.5 Å². The molecule has 2 heterocycles. The molecule has 0 amide bonds. The van der Waals surface area contributed by atoms with Gasteiger partial charge >= 0.3 is 5.97 Å². The van der Waals surface area contributed by atoms with Gasteiger partial charge in [-0.25, -0.2) is 0 Å². The van der Waals surface area contributed by atoms with Gasteiger partial charge in [0.25, 0.3) is 0 Å². The van der Waals surface area contributed by atoms with Crippen molar-refractivity contribution in [1.82, 2.24) is 10.1 Å². The molecule has 0 aromatic carbocycles. The van der Waals surface area contributed by atoms with Crippen LogP contribution in [-0.2, 0) is 4.79 Å². The summed E-state index contributed by atoms with van der Waals surface area (Å²) in [6, 6.07) is -0.827. The number of hydrogen-bond acceptors (Lipinski definition) is 8. The molecule has 0 aliphatic carbocycles. The number of thioether (sulfide) groups is 2. The fourth-order valence-corrected chi connectivity index (χ4v) is 7.73. The zero-order chi connectivity index (χ0) is 22.1. The van der Waals surface area contributed by atoms with Crippen molar-refractivity contribution in [3.63, 3.8) is 0 Å². The van der Waals surface area contributed by atoms with Gasteiger partial charge in [0.15, 0.2) is 0 Å². The van der Waals surface area contributed by atoms with E-state index in [-0.39, 0.29) is 0 Å². The van der Waals surface area contributed by atoms with E-state index >= 15 is 0 Å². The normalized spacial score (nSPS) is 27.2. The number of nitrogens with zero attached hydrogens (tertiary/aromatic N) is 2. The molecule has 6 atom stereocenters. The number of hydrogen-bond donors (Lipinski definition) is 2. The highest BCUT2D eigenvalue weighted by molar-refractivity contribution is 8.00. The number of unbranched alkanes of at least 4 members (excludes halogenated alkanes) is 1. The number of carbonyl (C=O) groups is 1. The van der Waals surface area contributed by atoms with E-state index < -0.39 is 12.0 Å². The summed E-state index contributed by atoms with van der Waals surface area (Å²) in [7, 11) is 0. The summed E-state index contributed by atoms with van der Waals surface area (Å²) in [5, 5.41) is 36.3. The Labute approximate surface area is 190 Å². The van der Waals surface area contributed by atoms with Gasteiger partial charge in [0.1, 0.15) is 6.04 Å². The molecule has 2 saturated heterocycles. The Balaban J connectivity index is 1.96. The number of hydroxylamine groups is 4. The van der Waals surface area contributed by atoms with E-state index in [2.05, 4.69) is 13.8 Å². The van der Waals surface area contributed by atoms with Gasteiger partial charge in [0, 0.05) is 21.0 Å². The SMILES string of the molecule is CCCCC(CC(C)C(CCC(N)C(=O)O)SC1CCN([O-])C1)SC1CCN([O-])C1. The van der Waals surface area contributed by atoms with E-state index in [1.807, 2.05) is 23.5 Å². The van der Waals surface area contributed by atoms with Crippen LogP contribution < -0.4 is 5.73 Å². The first kappa shape index (κ1) is 26.2. The van der Waals surface area contributed by atoms with Gasteiger partial charge in [-0.3, -0.25) is 4.79 Å². The molecule has 0 spiro atoms. The van der Waals surface area contributed by atoms with E-state index in [0.717, 1.165) is 43.6 Å². The number of rotatable bonds is 14. The minimum absolute atomic E-state index is 0.302. The van der Waals surface area contributed by atoms with Crippen molar-refractivity contribution in [3.8, 4) is 0 Å². The fourth-order valence-electron chi connectivity index (χ4n) is 4.33. The highest BCUT2D eigenvalue weighted by Crippen LogP contribution is 2.38. The first-order chi connectivity index (χ1) is 14.3. The third-order valence-corrected chi connectivity index (χ3v) is 9.60. The van der Waals surface area contributed by atoms with Crippen molar-refractivity contribution >= 4 is 29.5 Å². The number of nitrogens with two attached hydrogens (primary N) is 1. The Kier molecular flexibility index (Phi) is 11.8. The van der Waals surface area contributed by atoms with Crippen LogP contribution in [0, 0.1) is 16.3 Å². The van der Waals surface area contributed by atoms with Gasteiger partial charge in [-0.1, -0.05) is 26.7 Å². The van der Waals surface area contributed by atoms with Crippen LogP contribution in [0.2, 0.25) is 0 Å². The smallest absolute Gasteiger partial charge is 0.320 e. The Morgan fingerprint density at radius 3 is 2.20 bits per heavy atom. The standard InChI is InChI=1S/C21H39N3O4S2/c1-3-4-5-16(29-17-8-10-23(27)13-17)12-15(2)20(7-6-19(22)21(25)26)30-18-9-11-24(28)14-18/h15-20H,3-14,22H2,1-2H3,(H,25,26)/q-2. The number of carboxylic acid groups (broad SMARTS) is 1. The predicted octanol–water partition coefficient (Wildman–Crippen LogP) is 3.74. The van der Waals surface area contributed by atoms with E-state index in [0.29, 0.717) is 59.5 Å². The summed E-state index contributed by atoms with van der Waals surface area (Å²) in [4.78, 5) is 11.2. The Morgan fingerprint density at radius 1 is 1.10 bits per heavy atom. The highest BCUT2D eigenvalue weighted by atomic mass is 32.2. The first-order valence-corrected chi connectivity index (χ1v) is 13.3. The largest absolute Gasteiger partial charge is 0.785 e. The molecule has 2 aliphatic heterocycles. The molecular formula is C21H39N3O4S2-2. The van der Waals surface area contributed by atoms with Crippen molar-refractivity contribution in [3.05, 3.63) is 10.4 Å². The van der Waals surface area contributed by atoms with Crippen LogP contribution in [0.15, 0.2) is 0 Å². The zero-order valence-corrected chi connectivity index (χ0v) is 20.0. The maximum Gasteiger partial charge on any atom is 0.320 e. The maximum atomic E-state index is 11.6. The van der Waals surface area contributed by atoms with Crippen LogP contribution >= 0.6 is 23.5 Å². The monoisotopic (exact) mass is 461 g/mol. The van der Waals surface area contributed by atoms with Gasteiger partial charge in [-0.2, -0.15) is 23.5 Å². The molecular weight excluding hydrogens is 422 g/mol. The Bertz CT molecular complexity index is 517. The minimum Gasteiger partial charge on any atom is -0.785 e. The summed E-state index contributed by atoms with van der Waals surface area (Å²) >= 11 is 3.86. The molecule has 0 aromatic rings. The second-order valence-electron chi connectivity index (χ2n) is 8.91. The van der Waals surface area contributed by atoms with E-state index in [4.69, 9.17) is 10.8 Å². The molecule has 6 unspecified atom stereocenters. The van der Waals surface area contributed by atoms with E-state index in [1.54, 1.807) is 0 Å². The molecule has 30 heavy (non-hydrogen) atoms. The summed E-state index contributed by atoms with van der Waals surface area (Å²) < 4.78 is 0. The quantitative estimate of drug-likeness (QED) is 0.399. The lowest BCUT2D eigenvalue weighted by atomic mass is 9.95. The molecule has 0 saturated carbocycles. The maximum absolute atomic E-state index is 11.6. The lowest BCUT2D eigenvalue weighted by molar-refractivity contribution is -0.138. The molecule has 0 aromatic heterocycles. The van der Waals surface area contributed by atoms with Gasteiger partial charge in [0.2, 0.25) is 0 Å². The average Bonchev–Trinajstić information content (AvgIpc) is 3.30. The lowest BCUT2D eigenvalue weighted by Gasteiger charge is -2.31. The van der Waals surface area contributed by atoms with Gasteiger partial charge in [-0.15, -0.1) is 0 Å². The average molecular weight is 462 g/mol. The third kappa shape index (κ3) is 9.22. The molecule has 176 valence electrons. The van der Waals surface area contributed by atoms with Crippen LogP contribution in [0.1, 0.15) is 65.2 Å². The summed E-state index contributed by atoms with van der Waals surface area (Å²) in [5.41, 5.74) is 5.78. The topological polar surface area (TPSA) is 116 Å². The summed E-state index contributed by atoms with van der Waals surface area (Å²) in [6.45, 7) is 6.91. The number of carboxylic acids is 1. The van der Waals surface area contributed by atoms with Crippen molar-refractivity contribution in [1.29, 1.82) is 0 Å². The number of aliphatic carboxylic acids is 1. The molecule has 0 radical (unpaired) electrons. The van der Waals surface area contributed by atoms with Crippen LogP contribution in [-0.4, -0.2) is 74.4 Å². The van der Waals surface area contributed by atoms with Crippen molar-refractivity contribution in [2.75, 3.05) is 26.2 Å². The zero-order valence-electron chi connectivity index (χ0n) is 18.4. The molecule has 0 bridgehead atoms. The summed E-state index contributed by atoms with van der Waals surface area (Å²) in [6.07, 6.45) is 7.67. The fraction of sp³-hybridized carbons (Fsp3) is 0.952. The van der Waals surface area contributed by atoms with Crippen LogP contribution in [0.25, 0.3) is 0 Å². The van der Waals surface area contributed by atoms with Crippen molar-refractivity contribution in [2.45, 2.75) is 92.3 Å². The molecule has 3 N–H and O–H groups in total. The Morgan fingerprint density at radius 2 is 1.70 bits per heavy atom. The molecule has 7 nitrogen and oxygen atoms in total. The van der Waals surface area contributed by atoms with Crippen molar-refractivity contribution in [2.24, 2.45) is 11.7 Å². The minimum atomic E-state index is -0.946. The predicted molar refractivity (Wildman–Crippen MR) is 128 cm³/mol. The highest BCUT2D eigenvalue weighted by Gasteiger charge is 2.29. The summed E-state index contributed by atoms with van der Waals surface area (Å²) in [5.74, 6) is -0.534. The first-order valence-electron chi connectivity index (χ1n) is 11.4. The Hall–Kier alpha value is -0.0300. The third-order valence-electron chi connectivity index (χ3n) is 6.20. The van der Waals surface area contributed by atoms with Gasteiger partial charge < -0.3 is 31.4 Å². The lowest BCUT2D eigenvalue weighted by Crippen LogP contribution is -2.32. The van der Waals surface area contributed by atoms with Gasteiger partial charge in [0.05, 0.1) is 0 Å².